The van der Waals surface area contributed by atoms with Crippen molar-refractivity contribution < 1.29 is 13.2 Å². The minimum Gasteiger partial charge on any atom is -0.384 e. The standard InChI is InChI=1S/C9H9F3N2S/c10-9(11,12)8-6(2-1-5-15)3-4-7(13)14-8/h1-4,15H,5H2,(H2,13,14). The predicted molar refractivity (Wildman–Crippen MR) is 56.5 cm³/mol. The lowest BCUT2D eigenvalue weighted by Gasteiger charge is -2.09. The Kier molecular flexibility index (Phi) is 3.62. The summed E-state index contributed by atoms with van der Waals surface area (Å²) in [5, 5.41) is 0. The SMILES string of the molecule is Nc1ccc(C=CCS)c(C(F)(F)F)n1. The van der Waals surface area contributed by atoms with E-state index in [4.69, 9.17) is 5.73 Å². The molecular formula is C9H9F3N2S. The topological polar surface area (TPSA) is 38.9 Å². The molecule has 0 aromatic carbocycles. The molecule has 82 valence electrons. The van der Waals surface area contributed by atoms with Crippen LogP contribution in [0.3, 0.4) is 0 Å². The summed E-state index contributed by atoms with van der Waals surface area (Å²) in [6.07, 6.45) is -1.67. The number of nitrogens with zero attached hydrogens (tertiary/aromatic N) is 1. The molecule has 0 bridgehead atoms. The fourth-order valence-electron chi connectivity index (χ4n) is 1.03. The van der Waals surface area contributed by atoms with Gasteiger partial charge in [-0.1, -0.05) is 12.2 Å². The van der Waals surface area contributed by atoms with Crippen LogP contribution < -0.4 is 5.73 Å². The zero-order valence-electron chi connectivity index (χ0n) is 7.62. The molecule has 0 aliphatic carbocycles. The van der Waals surface area contributed by atoms with E-state index in [9.17, 15) is 13.2 Å². The van der Waals surface area contributed by atoms with Crippen molar-refractivity contribution in [1.82, 2.24) is 4.98 Å². The average molecular weight is 234 g/mol. The van der Waals surface area contributed by atoms with Crippen LogP contribution in [0.1, 0.15) is 11.3 Å². The van der Waals surface area contributed by atoms with Crippen molar-refractivity contribution in [2.45, 2.75) is 6.18 Å². The Balaban J connectivity index is 3.21. The van der Waals surface area contributed by atoms with E-state index in [2.05, 4.69) is 17.6 Å². The van der Waals surface area contributed by atoms with Crippen molar-refractivity contribution in [3.63, 3.8) is 0 Å². The molecule has 0 aliphatic rings. The Morgan fingerprint density at radius 2 is 2.07 bits per heavy atom. The van der Waals surface area contributed by atoms with Gasteiger partial charge in [0.15, 0.2) is 5.69 Å². The minimum atomic E-state index is -4.49. The van der Waals surface area contributed by atoms with E-state index in [0.717, 1.165) is 0 Å². The maximum Gasteiger partial charge on any atom is 0.434 e. The average Bonchev–Trinajstić information content (AvgIpc) is 2.14. The first-order valence-electron chi connectivity index (χ1n) is 4.06. The highest BCUT2D eigenvalue weighted by molar-refractivity contribution is 7.80. The molecule has 1 heterocycles. The second kappa shape index (κ2) is 4.57. The van der Waals surface area contributed by atoms with Crippen molar-refractivity contribution >= 4 is 24.5 Å². The predicted octanol–water partition coefficient (Wildman–Crippen LogP) is 2.63. The Hall–Kier alpha value is -1.17. The first-order chi connectivity index (χ1) is 6.95. The molecule has 0 fully saturated rings. The molecule has 0 unspecified atom stereocenters. The van der Waals surface area contributed by atoms with Crippen LogP contribution in [0.15, 0.2) is 18.2 Å². The van der Waals surface area contributed by atoms with Gasteiger partial charge in [-0.2, -0.15) is 25.8 Å². The summed E-state index contributed by atoms with van der Waals surface area (Å²) in [6, 6.07) is 2.61. The molecule has 6 heteroatoms. The number of nitrogens with two attached hydrogens (primary N) is 1. The molecule has 0 saturated carbocycles. The lowest BCUT2D eigenvalue weighted by molar-refractivity contribution is -0.141. The summed E-state index contributed by atoms with van der Waals surface area (Å²) in [6.45, 7) is 0. The van der Waals surface area contributed by atoms with E-state index in [1.54, 1.807) is 0 Å². The molecular weight excluding hydrogens is 225 g/mol. The smallest absolute Gasteiger partial charge is 0.384 e. The lowest BCUT2D eigenvalue weighted by Crippen LogP contribution is -2.11. The molecule has 0 spiro atoms. The van der Waals surface area contributed by atoms with Gasteiger partial charge in [-0.25, -0.2) is 4.98 Å². The number of anilines is 1. The molecule has 1 aromatic rings. The summed E-state index contributed by atoms with van der Waals surface area (Å²) in [5.74, 6) is 0.215. The van der Waals surface area contributed by atoms with Crippen LogP contribution in [0.2, 0.25) is 0 Å². The van der Waals surface area contributed by atoms with Crippen molar-refractivity contribution in [1.29, 1.82) is 0 Å². The molecule has 1 rings (SSSR count). The minimum absolute atomic E-state index is 0.00856. The number of halogens is 3. The number of hydrogen-bond acceptors (Lipinski definition) is 3. The summed E-state index contributed by atoms with van der Waals surface area (Å²) in [7, 11) is 0. The van der Waals surface area contributed by atoms with Crippen LogP contribution in [0.25, 0.3) is 6.08 Å². The fourth-order valence-corrected chi connectivity index (χ4v) is 1.13. The van der Waals surface area contributed by atoms with Gasteiger partial charge in [0.05, 0.1) is 0 Å². The van der Waals surface area contributed by atoms with Gasteiger partial charge < -0.3 is 5.73 Å². The van der Waals surface area contributed by atoms with E-state index >= 15 is 0 Å². The van der Waals surface area contributed by atoms with Gasteiger partial charge in [0.2, 0.25) is 0 Å². The third-order valence-electron chi connectivity index (χ3n) is 1.62. The second-order valence-corrected chi connectivity index (χ2v) is 3.12. The Labute approximate surface area is 90.4 Å². The summed E-state index contributed by atoms with van der Waals surface area (Å²) in [4.78, 5) is 3.27. The second-order valence-electron chi connectivity index (χ2n) is 2.76. The number of pyridine rings is 1. The molecule has 0 radical (unpaired) electrons. The third kappa shape index (κ3) is 3.16. The molecule has 1 aromatic heterocycles. The van der Waals surface area contributed by atoms with Gasteiger partial charge >= 0.3 is 6.18 Å². The van der Waals surface area contributed by atoms with Crippen LogP contribution in [0.4, 0.5) is 19.0 Å². The highest BCUT2D eigenvalue weighted by Gasteiger charge is 2.34. The van der Waals surface area contributed by atoms with Crippen LogP contribution in [-0.2, 0) is 6.18 Å². The van der Waals surface area contributed by atoms with Crippen molar-refractivity contribution in [3.8, 4) is 0 Å². The first-order valence-corrected chi connectivity index (χ1v) is 4.69. The van der Waals surface area contributed by atoms with Gasteiger partial charge in [0, 0.05) is 11.3 Å². The quantitative estimate of drug-likeness (QED) is 0.772. The first kappa shape index (κ1) is 11.9. The van der Waals surface area contributed by atoms with Gasteiger partial charge in [-0.15, -0.1) is 0 Å². The van der Waals surface area contributed by atoms with Crippen molar-refractivity contribution in [2.75, 3.05) is 11.5 Å². The number of rotatable bonds is 2. The van der Waals surface area contributed by atoms with E-state index in [0.29, 0.717) is 5.75 Å². The Bertz CT molecular complexity index is 374. The zero-order valence-corrected chi connectivity index (χ0v) is 8.52. The molecule has 2 N–H and O–H groups in total. The molecule has 0 saturated heterocycles. The Morgan fingerprint density at radius 3 is 2.60 bits per heavy atom. The summed E-state index contributed by atoms with van der Waals surface area (Å²) < 4.78 is 37.5. The summed E-state index contributed by atoms with van der Waals surface area (Å²) in [5.41, 5.74) is 4.22. The molecule has 15 heavy (non-hydrogen) atoms. The Morgan fingerprint density at radius 1 is 1.40 bits per heavy atom. The number of hydrogen-bond donors (Lipinski definition) is 2. The molecule has 0 atom stereocenters. The van der Waals surface area contributed by atoms with Crippen LogP contribution in [0.5, 0.6) is 0 Å². The van der Waals surface area contributed by atoms with Gasteiger partial charge in [-0.05, 0) is 12.1 Å². The lowest BCUT2D eigenvalue weighted by atomic mass is 10.1. The largest absolute Gasteiger partial charge is 0.434 e. The van der Waals surface area contributed by atoms with Crippen LogP contribution >= 0.6 is 12.6 Å². The molecule has 0 aliphatic heterocycles. The number of thiol groups is 1. The highest BCUT2D eigenvalue weighted by Crippen LogP contribution is 2.31. The molecule has 2 nitrogen and oxygen atoms in total. The summed E-state index contributed by atoms with van der Waals surface area (Å²) >= 11 is 3.86. The fraction of sp³-hybridized carbons (Fsp3) is 0.222. The van der Waals surface area contributed by atoms with Crippen LogP contribution in [0, 0.1) is 0 Å². The monoisotopic (exact) mass is 234 g/mol. The van der Waals surface area contributed by atoms with Crippen LogP contribution in [-0.4, -0.2) is 10.7 Å². The van der Waals surface area contributed by atoms with E-state index in [1.165, 1.54) is 24.3 Å². The highest BCUT2D eigenvalue weighted by atomic mass is 32.1. The zero-order chi connectivity index (χ0) is 11.5. The van der Waals surface area contributed by atoms with Gasteiger partial charge in [0.1, 0.15) is 5.82 Å². The van der Waals surface area contributed by atoms with Gasteiger partial charge in [-0.3, -0.25) is 0 Å². The molecule has 0 amide bonds. The normalized spacial score (nSPS) is 12.3. The van der Waals surface area contributed by atoms with Crippen molar-refractivity contribution in [2.24, 2.45) is 0 Å². The number of nitrogen functional groups attached to an aromatic ring is 1. The third-order valence-corrected chi connectivity index (χ3v) is 1.83. The number of aromatic nitrogens is 1. The maximum atomic E-state index is 12.5. The van der Waals surface area contributed by atoms with E-state index in [-0.39, 0.29) is 11.4 Å². The van der Waals surface area contributed by atoms with Gasteiger partial charge in [0.25, 0.3) is 0 Å². The van der Waals surface area contributed by atoms with E-state index in [1.807, 2.05) is 0 Å². The number of alkyl halides is 3. The maximum absolute atomic E-state index is 12.5. The van der Waals surface area contributed by atoms with Crippen molar-refractivity contribution in [3.05, 3.63) is 29.5 Å². The van der Waals surface area contributed by atoms with E-state index < -0.39 is 11.9 Å².